The highest BCUT2D eigenvalue weighted by Gasteiger charge is 2.09. The molecule has 6 aromatic rings. The average molecular weight is 823 g/mol. The van der Waals surface area contributed by atoms with Crippen molar-refractivity contribution in [3.63, 3.8) is 0 Å². The van der Waals surface area contributed by atoms with Crippen LogP contribution in [0.25, 0.3) is 11.4 Å². The van der Waals surface area contributed by atoms with E-state index in [0.29, 0.717) is 44.8 Å². The zero-order valence-corrected chi connectivity index (χ0v) is 32.4. The van der Waals surface area contributed by atoms with Crippen LogP contribution in [0.3, 0.4) is 0 Å². The number of nitrogens with zero attached hydrogens (tertiary/aromatic N) is 8. The van der Waals surface area contributed by atoms with Crippen LogP contribution in [0.15, 0.2) is 86.0 Å². The number of benzene rings is 2. The predicted octanol–water partition coefficient (Wildman–Crippen LogP) is 7.72. The summed E-state index contributed by atoms with van der Waals surface area (Å²) in [5, 5.41) is 17.9. The van der Waals surface area contributed by atoms with E-state index in [1.807, 2.05) is 96.5 Å². The molecule has 0 aliphatic carbocycles. The standard InChI is InChI=1S/2C17H17Cl2N5.H2O4S/c2*1-2-15-16(19)17(22-11-21-15)20-8-7-12-9-23-24(10-12)14-5-3-13(18)4-6-14;1-5(2,3)4/h2*3-6,9-11H,2,7-8H2,1H3,(H,20,21,22);(H2,1,2,3,4). The second-order valence-electron chi connectivity index (χ2n) is 11.0. The minimum absolute atomic E-state index is 0.594. The fourth-order valence-corrected chi connectivity index (χ4v) is 5.50. The van der Waals surface area contributed by atoms with Gasteiger partial charge in [-0.2, -0.15) is 18.6 Å². The molecule has 0 aliphatic rings. The van der Waals surface area contributed by atoms with E-state index < -0.39 is 10.4 Å². The minimum Gasteiger partial charge on any atom is -0.368 e. The molecule has 6 rings (SSSR count). The molecule has 0 aliphatic heterocycles. The Kier molecular flexibility index (Phi) is 15.8. The van der Waals surface area contributed by atoms with Crippen LogP contribution in [0.5, 0.6) is 0 Å². The van der Waals surface area contributed by atoms with Crippen LogP contribution >= 0.6 is 46.4 Å². The smallest absolute Gasteiger partial charge is 0.368 e. The van der Waals surface area contributed by atoms with E-state index in [1.165, 1.54) is 12.7 Å². The summed E-state index contributed by atoms with van der Waals surface area (Å²) in [5.74, 6) is 1.35. The van der Waals surface area contributed by atoms with Gasteiger partial charge >= 0.3 is 10.4 Å². The lowest BCUT2D eigenvalue weighted by Crippen LogP contribution is -2.08. The molecule has 0 spiro atoms. The van der Waals surface area contributed by atoms with Crippen LogP contribution in [0.4, 0.5) is 11.6 Å². The molecule has 0 saturated heterocycles. The minimum atomic E-state index is -4.67. The first-order valence-electron chi connectivity index (χ1n) is 16.1. The Morgan fingerprint density at radius 1 is 0.623 bits per heavy atom. The van der Waals surface area contributed by atoms with Gasteiger partial charge in [0.1, 0.15) is 34.3 Å². The normalized spacial score (nSPS) is 10.9. The van der Waals surface area contributed by atoms with Crippen LogP contribution in [0.1, 0.15) is 36.4 Å². The SMILES string of the molecule is CCc1ncnc(NCCc2cnn(-c3ccc(Cl)cc3)c2)c1Cl.CCc1ncnc(NCCc2cnn(-c3ccc(Cl)cc3)c2)c1Cl.O=S(=O)(O)O. The van der Waals surface area contributed by atoms with Crippen molar-refractivity contribution in [2.75, 3.05) is 23.7 Å². The molecule has 4 aromatic heterocycles. The first-order chi connectivity index (χ1) is 25.3. The van der Waals surface area contributed by atoms with Gasteiger partial charge < -0.3 is 10.6 Å². The summed E-state index contributed by atoms with van der Waals surface area (Å²) in [7, 11) is -4.67. The van der Waals surface area contributed by atoms with Crippen molar-refractivity contribution in [1.29, 1.82) is 0 Å². The zero-order chi connectivity index (χ0) is 38.4. The summed E-state index contributed by atoms with van der Waals surface area (Å²) in [6.07, 6.45) is 14.0. The highest BCUT2D eigenvalue weighted by molar-refractivity contribution is 7.79. The van der Waals surface area contributed by atoms with Crippen molar-refractivity contribution in [3.05, 3.63) is 129 Å². The third-order valence-corrected chi connectivity index (χ3v) is 8.56. The molecule has 0 fully saturated rings. The molecule has 2 aromatic carbocycles. The average Bonchev–Trinajstić information content (AvgIpc) is 3.80. The third-order valence-electron chi connectivity index (χ3n) is 7.26. The number of nitrogens with one attached hydrogen (secondary N) is 2. The van der Waals surface area contributed by atoms with Gasteiger partial charge in [-0.3, -0.25) is 9.11 Å². The van der Waals surface area contributed by atoms with E-state index in [4.69, 9.17) is 63.9 Å². The van der Waals surface area contributed by atoms with Gasteiger partial charge in [0, 0.05) is 35.5 Å². The maximum Gasteiger partial charge on any atom is 0.394 e. The first kappa shape index (κ1) is 41.4. The maximum absolute atomic E-state index is 8.74. The highest BCUT2D eigenvalue weighted by Crippen LogP contribution is 2.23. The quantitative estimate of drug-likeness (QED) is 0.0883. The molecule has 0 unspecified atom stereocenters. The maximum atomic E-state index is 8.74. The van der Waals surface area contributed by atoms with Crippen LogP contribution in [-0.2, 0) is 36.1 Å². The van der Waals surface area contributed by atoms with Crippen molar-refractivity contribution in [3.8, 4) is 11.4 Å². The Balaban J connectivity index is 0.000000210. The second-order valence-corrected chi connectivity index (χ2v) is 13.5. The summed E-state index contributed by atoms with van der Waals surface area (Å²) in [6.45, 7) is 5.46. The lowest BCUT2D eigenvalue weighted by Gasteiger charge is -2.08. The summed E-state index contributed by atoms with van der Waals surface area (Å²) in [5.41, 5.74) is 5.90. The number of aryl methyl sites for hydroxylation is 2. The Hall–Kier alpha value is -4.35. The number of hydrogen-bond acceptors (Lipinski definition) is 10. The molecule has 0 radical (unpaired) electrons. The molecule has 53 heavy (non-hydrogen) atoms. The molecule has 4 heterocycles. The summed E-state index contributed by atoms with van der Waals surface area (Å²) < 4.78 is 35.2. The lowest BCUT2D eigenvalue weighted by atomic mass is 10.2. The molecular weight excluding hydrogens is 786 g/mol. The van der Waals surface area contributed by atoms with Crippen molar-refractivity contribution < 1.29 is 17.5 Å². The predicted molar refractivity (Wildman–Crippen MR) is 209 cm³/mol. The van der Waals surface area contributed by atoms with Crippen molar-refractivity contribution in [1.82, 2.24) is 39.5 Å². The summed E-state index contributed by atoms with van der Waals surface area (Å²) in [4.78, 5) is 16.7. The van der Waals surface area contributed by atoms with E-state index in [-0.39, 0.29) is 0 Å². The monoisotopic (exact) mass is 820 g/mol. The van der Waals surface area contributed by atoms with Crippen LogP contribution < -0.4 is 10.6 Å². The van der Waals surface area contributed by atoms with Gasteiger partial charge in [0.05, 0.1) is 35.2 Å². The largest absolute Gasteiger partial charge is 0.394 e. The zero-order valence-electron chi connectivity index (χ0n) is 28.5. The Morgan fingerprint density at radius 2 is 0.981 bits per heavy atom. The molecule has 19 heteroatoms. The molecule has 0 atom stereocenters. The first-order valence-corrected chi connectivity index (χ1v) is 19.0. The van der Waals surface area contributed by atoms with Gasteiger partial charge in [0.2, 0.25) is 0 Å². The van der Waals surface area contributed by atoms with E-state index >= 15 is 0 Å². The molecule has 280 valence electrons. The Bertz CT molecular complexity index is 2020. The van der Waals surface area contributed by atoms with Crippen LogP contribution in [-0.4, -0.2) is 70.1 Å². The molecular formula is C34H36Cl4N10O4S. The van der Waals surface area contributed by atoms with Gasteiger partial charge in [0.25, 0.3) is 0 Å². The number of aromatic nitrogens is 8. The highest BCUT2D eigenvalue weighted by atomic mass is 35.5. The second kappa shape index (κ2) is 20.2. The van der Waals surface area contributed by atoms with Crippen molar-refractivity contribution in [2.24, 2.45) is 0 Å². The number of halogens is 4. The summed E-state index contributed by atoms with van der Waals surface area (Å²) >= 11 is 24.4. The van der Waals surface area contributed by atoms with E-state index in [2.05, 4.69) is 40.8 Å². The van der Waals surface area contributed by atoms with Gasteiger partial charge in [-0.05, 0) is 85.3 Å². The summed E-state index contributed by atoms with van der Waals surface area (Å²) in [6, 6.07) is 15.1. The van der Waals surface area contributed by atoms with Crippen LogP contribution in [0.2, 0.25) is 20.1 Å². The molecule has 0 amide bonds. The number of hydrogen-bond donors (Lipinski definition) is 4. The van der Waals surface area contributed by atoms with Crippen molar-refractivity contribution in [2.45, 2.75) is 39.5 Å². The van der Waals surface area contributed by atoms with Gasteiger partial charge in [0.15, 0.2) is 0 Å². The van der Waals surface area contributed by atoms with E-state index in [9.17, 15) is 0 Å². The Morgan fingerprint density at radius 3 is 1.32 bits per heavy atom. The van der Waals surface area contributed by atoms with E-state index in [0.717, 1.165) is 59.6 Å². The number of rotatable bonds is 12. The molecule has 0 bridgehead atoms. The van der Waals surface area contributed by atoms with Crippen LogP contribution in [0, 0.1) is 0 Å². The topological polar surface area (TPSA) is 186 Å². The molecule has 14 nitrogen and oxygen atoms in total. The third kappa shape index (κ3) is 13.5. The van der Waals surface area contributed by atoms with Gasteiger partial charge in [-0.15, -0.1) is 0 Å². The molecule has 0 saturated carbocycles. The fraction of sp³-hybridized carbons (Fsp3) is 0.235. The Labute approximate surface area is 327 Å². The van der Waals surface area contributed by atoms with Gasteiger partial charge in [-0.1, -0.05) is 60.3 Å². The molecule has 4 N–H and O–H groups in total. The fourth-order valence-electron chi connectivity index (χ4n) is 4.65. The van der Waals surface area contributed by atoms with Crippen molar-refractivity contribution >= 4 is 68.4 Å². The lowest BCUT2D eigenvalue weighted by molar-refractivity contribution is 0.381. The number of anilines is 2. The van der Waals surface area contributed by atoms with E-state index in [1.54, 1.807) is 0 Å². The van der Waals surface area contributed by atoms with Gasteiger partial charge in [-0.25, -0.2) is 29.3 Å².